The van der Waals surface area contributed by atoms with E-state index in [1.54, 1.807) is 0 Å². The monoisotopic (exact) mass is 339 g/mol. The zero-order valence-corrected chi connectivity index (χ0v) is 13.9. The Hall–Kier alpha value is -2.08. The fourth-order valence-corrected chi connectivity index (χ4v) is 2.73. The summed E-state index contributed by atoms with van der Waals surface area (Å²) in [6, 6.07) is 8.20. The molecule has 0 saturated heterocycles. The second-order valence-electron chi connectivity index (χ2n) is 5.21. The zero-order valence-electron chi connectivity index (χ0n) is 13.1. The van der Waals surface area contributed by atoms with Gasteiger partial charge in [0.05, 0.1) is 6.33 Å². The first-order valence-electron chi connectivity index (χ1n) is 7.58. The van der Waals surface area contributed by atoms with Crippen molar-refractivity contribution in [3.8, 4) is 0 Å². The number of hydrogen-bond donors (Lipinski definition) is 1. The van der Waals surface area contributed by atoms with E-state index in [-0.39, 0.29) is 0 Å². The minimum atomic E-state index is -1.50. The molecule has 0 aliphatic heterocycles. The highest BCUT2D eigenvalue weighted by molar-refractivity contribution is 6.31. The minimum Gasteiger partial charge on any atom is -0.337 e. The Morgan fingerprint density at radius 2 is 2.09 bits per heavy atom. The first-order chi connectivity index (χ1) is 11.0. The van der Waals surface area contributed by atoms with Crippen LogP contribution >= 0.6 is 11.6 Å². The summed E-state index contributed by atoms with van der Waals surface area (Å²) in [5.41, 5.74) is 1.26. The molecular formula is C16H22ClN3O3. The molecule has 0 fully saturated rings. The molecule has 0 spiro atoms. The van der Waals surface area contributed by atoms with Gasteiger partial charge in [-0.3, -0.25) is 0 Å². The van der Waals surface area contributed by atoms with Gasteiger partial charge in [0.25, 0.3) is 5.09 Å². The third kappa shape index (κ3) is 7.65. The molecule has 1 aromatic carbocycles. The molecule has 0 aliphatic carbocycles. The summed E-state index contributed by atoms with van der Waals surface area (Å²) in [5.74, 6) is 0.467. The molecule has 1 aromatic heterocycles. The summed E-state index contributed by atoms with van der Waals surface area (Å²) in [6.07, 6.45) is 10.7. The van der Waals surface area contributed by atoms with Gasteiger partial charge in [-0.15, -0.1) is 10.1 Å². The number of unbranched alkanes of at least 4 members (excludes halogenated alkanes) is 2. The summed E-state index contributed by atoms with van der Waals surface area (Å²) in [7, 11) is 0. The molecule has 1 N–H and O–H groups in total. The number of nitrogens with zero attached hydrogens (tertiary/aromatic N) is 3. The van der Waals surface area contributed by atoms with E-state index in [9.17, 15) is 0 Å². The molecule has 2 rings (SSSR count). The van der Waals surface area contributed by atoms with E-state index in [0.717, 1.165) is 11.6 Å². The highest BCUT2D eigenvalue weighted by atomic mass is 35.5. The molecule has 126 valence electrons. The molecule has 7 heteroatoms. The lowest BCUT2D eigenvalue weighted by Crippen LogP contribution is -2.09. The smallest absolute Gasteiger partial charge is 0.291 e. The molecular weight excluding hydrogens is 318 g/mol. The van der Waals surface area contributed by atoms with Crippen LogP contribution in [0, 0.1) is 10.1 Å². The van der Waals surface area contributed by atoms with Crippen molar-refractivity contribution in [1.82, 2.24) is 9.55 Å². The summed E-state index contributed by atoms with van der Waals surface area (Å²) >= 11 is 6.35. The van der Waals surface area contributed by atoms with Crippen molar-refractivity contribution in [1.29, 1.82) is 0 Å². The predicted octanol–water partition coefficient (Wildman–Crippen LogP) is 4.55. The lowest BCUT2D eigenvalue weighted by molar-refractivity contribution is -0.742. The van der Waals surface area contributed by atoms with Gasteiger partial charge in [-0.05, 0) is 18.1 Å². The van der Waals surface area contributed by atoms with E-state index < -0.39 is 5.09 Å². The molecule has 2 aromatic rings. The fourth-order valence-electron chi connectivity index (χ4n) is 2.44. The Balaban J connectivity index is 0.000000593. The molecule has 23 heavy (non-hydrogen) atoms. The second-order valence-corrected chi connectivity index (χ2v) is 5.62. The molecule has 6 nitrogen and oxygen atoms in total. The predicted molar refractivity (Wildman–Crippen MR) is 89.3 cm³/mol. The minimum absolute atomic E-state index is 0.467. The third-order valence-electron chi connectivity index (χ3n) is 3.49. The lowest BCUT2D eigenvalue weighted by Gasteiger charge is -2.19. The molecule has 0 radical (unpaired) electrons. The average Bonchev–Trinajstić information content (AvgIpc) is 2.99. The maximum Gasteiger partial charge on any atom is 0.291 e. The maximum absolute atomic E-state index is 8.36. The van der Waals surface area contributed by atoms with Gasteiger partial charge in [-0.2, -0.15) is 0 Å². The van der Waals surface area contributed by atoms with E-state index in [4.69, 9.17) is 26.9 Å². The number of imidazole rings is 1. The van der Waals surface area contributed by atoms with Crippen LogP contribution in [0.1, 0.15) is 44.1 Å². The summed E-state index contributed by atoms with van der Waals surface area (Å²) in [6.45, 7) is 3.19. The number of hydrogen-bond acceptors (Lipinski definition) is 3. The maximum atomic E-state index is 8.36. The van der Waals surface area contributed by atoms with Gasteiger partial charge in [0, 0.05) is 29.9 Å². The van der Waals surface area contributed by atoms with Crippen molar-refractivity contribution in [3.63, 3.8) is 0 Å². The Morgan fingerprint density at radius 3 is 2.65 bits per heavy atom. The van der Waals surface area contributed by atoms with Crippen LogP contribution in [0.4, 0.5) is 0 Å². The Labute approximate surface area is 140 Å². The van der Waals surface area contributed by atoms with Crippen LogP contribution in [0.5, 0.6) is 0 Å². The van der Waals surface area contributed by atoms with Gasteiger partial charge in [0.1, 0.15) is 0 Å². The van der Waals surface area contributed by atoms with E-state index in [2.05, 4.69) is 28.6 Å². The standard InChI is InChI=1S/C16H21ClN2.HNO3/c1-2-3-4-7-14(12-19-11-10-18-13-19)15-8-5-6-9-16(15)17;2-1(3)4/h5-6,8-11,13-14H,2-4,7,12H2,1H3;(H,2,3,4). The molecule has 0 aliphatic rings. The molecule has 1 heterocycles. The van der Waals surface area contributed by atoms with Crippen LogP contribution in [0.3, 0.4) is 0 Å². The van der Waals surface area contributed by atoms with Gasteiger partial charge in [0.15, 0.2) is 0 Å². The summed E-state index contributed by atoms with van der Waals surface area (Å²) < 4.78 is 2.14. The van der Waals surface area contributed by atoms with Crippen LogP contribution in [0.25, 0.3) is 0 Å². The first-order valence-corrected chi connectivity index (χ1v) is 7.95. The molecule has 1 atom stereocenters. The highest BCUT2D eigenvalue weighted by Crippen LogP contribution is 2.30. The van der Waals surface area contributed by atoms with Crippen molar-refractivity contribution in [2.75, 3.05) is 0 Å². The fraction of sp³-hybridized carbons (Fsp3) is 0.438. The molecule has 0 amide bonds. The Morgan fingerprint density at radius 1 is 1.39 bits per heavy atom. The lowest BCUT2D eigenvalue weighted by atomic mass is 9.93. The van der Waals surface area contributed by atoms with Gasteiger partial charge >= 0.3 is 0 Å². The largest absolute Gasteiger partial charge is 0.337 e. The molecule has 0 saturated carbocycles. The molecule has 1 unspecified atom stereocenters. The number of benzene rings is 1. The topological polar surface area (TPSA) is 81.2 Å². The SMILES string of the molecule is CCCCCC(Cn1ccnc1)c1ccccc1Cl.O=[N+]([O-])O. The highest BCUT2D eigenvalue weighted by Gasteiger charge is 2.14. The third-order valence-corrected chi connectivity index (χ3v) is 3.84. The normalized spacial score (nSPS) is 11.4. The quantitative estimate of drug-likeness (QED) is 0.455. The van der Waals surface area contributed by atoms with E-state index in [1.807, 2.05) is 30.9 Å². The van der Waals surface area contributed by atoms with Crippen molar-refractivity contribution < 1.29 is 10.3 Å². The zero-order chi connectivity index (χ0) is 17.1. The van der Waals surface area contributed by atoms with Gasteiger partial charge in [-0.25, -0.2) is 4.98 Å². The Bertz CT molecular complexity index is 572. The van der Waals surface area contributed by atoms with E-state index in [1.165, 1.54) is 31.2 Å². The van der Waals surface area contributed by atoms with Crippen LogP contribution in [0.15, 0.2) is 43.0 Å². The van der Waals surface area contributed by atoms with Crippen molar-refractivity contribution in [3.05, 3.63) is 63.7 Å². The second kappa shape index (κ2) is 10.6. The summed E-state index contributed by atoms with van der Waals surface area (Å²) in [5, 5.41) is 14.5. The van der Waals surface area contributed by atoms with Gasteiger partial charge in [0.2, 0.25) is 0 Å². The van der Waals surface area contributed by atoms with Crippen molar-refractivity contribution in [2.45, 2.75) is 45.1 Å². The van der Waals surface area contributed by atoms with Crippen molar-refractivity contribution in [2.24, 2.45) is 0 Å². The van der Waals surface area contributed by atoms with E-state index >= 15 is 0 Å². The number of rotatable bonds is 7. The van der Waals surface area contributed by atoms with Crippen molar-refractivity contribution >= 4 is 11.6 Å². The number of aromatic nitrogens is 2. The average molecular weight is 340 g/mol. The van der Waals surface area contributed by atoms with Gasteiger partial charge in [-0.1, -0.05) is 56.0 Å². The molecule has 0 bridgehead atoms. The van der Waals surface area contributed by atoms with Gasteiger partial charge < -0.3 is 9.77 Å². The van der Waals surface area contributed by atoms with E-state index in [0.29, 0.717) is 5.92 Å². The Kier molecular flexibility index (Phi) is 8.75. The van der Waals surface area contributed by atoms with Crippen LogP contribution in [-0.4, -0.2) is 19.8 Å². The van der Waals surface area contributed by atoms with Crippen LogP contribution < -0.4 is 0 Å². The van der Waals surface area contributed by atoms with Crippen LogP contribution in [0.2, 0.25) is 5.02 Å². The summed E-state index contributed by atoms with van der Waals surface area (Å²) in [4.78, 5) is 12.5. The first kappa shape index (κ1) is 19.0. The number of halogens is 1. The van der Waals surface area contributed by atoms with Crippen LogP contribution in [-0.2, 0) is 6.54 Å².